The van der Waals surface area contributed by atoms with Crippen molar-refractivity contribution < 1.29 is 18.3 Å². The Kier molecular flexibility index (Phi) is 17.2. The van der Waals surface area contributed by atoms with Gasteiger partial charge in [-0.2, -0.15) is 0 Å². The molecule has 0 aliphatic heterocycles. The van der Waals surface area contributed by atoms with Crippen molar-refractivity contribution in [3.05, 3.63) is 12.7 Å². The molecular formula is C21H40F2O2Si. The number of carbonyl (C=O) groups excluding carboxylic acids is 1. The molecule has 0 aliphatic rings. The highest BCUT2D eigenvalue weighted by Gasteiger charge is 2.18. The van der Waals surface area contributed by atoms with Crippen molar-refractivity contribution in [2.45, 2.75) is 108 Å². The molecule has 2 nitrogen and oxygen atoms in total. The lowest BCUT2D eigenvalue weighted by Crippen LogP contribution is -2.14. The van der Waals surface area contributed by atoms with Crippen molar-refractivity contribution in [2.24, 2.45) is 0 Å². The maximum Gasteiger partial charge on any atom is 0.330 e. The molecule has 0 atom stereocenters. The summed E-state index contributed by atoms with van der Waals surface area (Å²) < 4.78 is 30.3. The zero-order chi connectivity index (χ0) is 19.5. The van der Waals surface area contributed by atoms with Gasteiger partial charge in [0.25, 0.3) is 0 Å². The molecule has 0 aromatic carbocycles. The van der Waals surface area contributed by atoms with Gasteiger partial charge >= 0.3 is 5.97 Å². The summed E-state index contributed by atoms with van der Waals surface area (Å²) in [6.45, 7) is 3.88. The van der Waals surface area contributed by atoms with Crippen LogP contribution in [0.3, 0.4) is 0 Å². The first-order chi connectivity index (χ1) is 12.5. The van der Waals surface area contributed by atoms with Crippen molar-refractivity contribution in [3.63, 3.8) is 0 Å². The van der Waals surface area contributed by atoms with Gasteiger partial charge in [0.2, 0.25) is 5.55 Å². The van der Waals surface area contributed by atoms with E-state index in [0.717, 1.165) is 25.7 Å². The Morgan fingerprint density at radius 2 is 1.12 bits per heavy atom. The van der Waals surface area contributed by atoms with Gasteiger partial charge in [0.05, 0.1) is 16.8 Å². The molecule has 0 heterocycles. The average Bonchev–Trinajstić information content (AvgIpc) is 2.59. The average molecular weight is 391 g/mol. The molecule has 0 bridgehead atoms. The molecule has 0 fully saturated rings. The molecule has 26 heavy (non-hydrogen) atoms. The second-order valence-electron chi connectivity index (χ2n) is 7.50. The molecule has 0 rings (SSSR count). The molecule has 0 saturated heterocycles. The first-order valence-corrected chi connectivity index (χ1v) is 11.6. The summed E-state index contributed by atoms with van der Waals surface area (Å²) in [5.74, 6) is -0.326. The third kappa shape index (κ3) is 21.3. The van der Waals surface area contributed by atoms with E-state index in [9.17, 15) is 13.6 Å². The zero-order valence-electron chi connectivity index (χ0n) is 16.9. The molecule has 0 spiro atoms. The van der Waals surface area contributed by atoms with Crippen LogP contribution in [0.15, 0.2) is 12.7 Å². The van der Waals surface area contributed by atoms with E-state index in [0.29, 0.717) is 13.0 Å². The Morgan fingerprint density at radius 3 is 1.46 bits per heavy atom. The number of alkyl halides is 2. The van der Waals surface area contributed by atoms with Crippen molar-refractivity contribution in [1.82, 2.24) is 0 Å². The quantitative estimate of drug-likeness (QED) is 0.118. The SMILES string of the molecule is C=CC(=O)OCCCCCCCCCCCCCCCCCC(F)(F)[SiH3]. The van der Waals surface area contributed by atoms with Crippen molar-refractivity contribution in [1.29, 1.82) is 0 Å². The van der Waals surface area contributed by atoms with Crippen LogP contribution in [0.2, 0.25) is 0 Å². The van der Waals surface area contributed by atoms with E-state index in [1.54, 1.807) is 0 Å². The van der Waals surface area contributed by atoms with Gasteiger partial charge in [0, 0.05) is 12.5 Å². The van der Waals surface area contributed by atoms with Crippen molar-refractivity contribution in [2.75, 3.05) is 6.61 Å². The third-order valence-corrected chi connectivity index (χ3v) is 5.17. The minimum Gasteiger partial charge on any atom is -0.463 e. The number of hydrogen-bond donors (Lipinski definition) is 0. The first kappa shape index (κ1) is 25.3. The normalized spacial score (nSPS) is 11.6. The summed E-state index contributed by atoms with van der Waals surface area (Å²) in [5.41, 5.74) is -2.35. The van der Waals surface area contributed by atoms with Crippen LogP contribution in [0, 0.1) is 0 Å². The minimum absolute atomic E-state index is 0.00404. The summed E-state index contributed by atoms with van der Waals surface area (Å²) in [4.78, 5) is 10.8. The zero-order valence-corrected chi connectivity index (χ0v) is 18.9. The Balaban J connectivity index is 3.07. The number of unbranched alkanes of at least 4 members (excludes halogenated alkanes) is 14. The van der Waals surface area contributed by atoms with Crippen LogP contribution < -0.4 is 0 Å². The molecule has 0 unspecified atom stereocenters. The first-order valence-electron chi connectivity index (χ1n) is 10.6. The summed E-state index contributed by atoms with van der Waals surface area (Å²) in [6.07, 6.45) is 19.0. The van der Waals surface area contributed by atoms with Gasteiger partial charge in [-0.3, -0.25) is 0 Å². The van der Waals surface area contributed by atoms with E-state index in [1.807, 2.05) is 0 Å². The molecular weight excluding hydrogens is 350 g/mol. The highest BCUT2D eigenvalue weighted by Crippen LogP contribution is 2.18. The summed E-state index contributed by atoms with van der Waals surface area (Å²) in [6, 6.07) is 0. The highest BCUT2D eigenvalue weighted by molar-refractivity contribution is 6.13. The molecule has 0 amide bonds. The lowest BCUT2D eigenvalue weighted by Gasteiger charge is -2.09. The number of rotatable bonds is 19. The smallest absolute Gasteiger partial charge is 0.330 e. The van der Waals surface area contributed by atoms with E-state index in [4.69, 9.17) is 4.74 Å². The van der Waals surface area contributed by atoms with E-state index in [2.05, 4.69) is 6.58 Å². The third-order valence-electron chi connectivity index (χ3n) is 4.67. The van der Waals surface area contributed by atoms with E-state index < -0.39 is 5.55 Å². The number of esters is 1. The lowest BCUT2D eigenvalue weighted by atomic mass is 10.0. The highest BCUT2D eigenvalue weighted by atomic mass is 28.1. The monoisotopic (exact) mass is 390 g/mol. The van der Waals surface area contributed by atoms with Crippen LogP contribution in [-0.2, 0) is 9.53 Å². The van der Waals surface area contributed by atoms with E-state index in [-0.39, 0.29) is 22.6 Å². The number of halogens is 2. The van der Waals surface area contributed by atoms with E-state index in [1.165, 1.54) is 70.3 Å². The van der Waals surface area contributed by atoms with Crippen LogP contribution in [-0.4, -0.2) is 28.4 Å². The van der Waals surface area contributed by atoms with Gasteiger partial charge < -0.3 is 4.74 Å². The molecule has 0 N–H and O–H groups in total. The Bertz CT molecular complexity index is 343. The van der Waals surface area contributed by atoms with Crippen LogP contribution in [0.4, 0.5) is 8.78 Å². The molecule has 5 heteroatoms. The largest absolute Gasteiger partial charge is 0.463 e. The van der Waals surface area contributed by atoms with Crippen LogP contribution >= 0.6 is 0 Å². The van der Waals surface area contributed by atoms with Gasteiger partial charge in [0.15, 0.2) is 0 Å². The second kappa shape index (κ2) is 17.7. The van der Waals surface area contributed by atoms with Gasteiger partial charge in [0.1, 0.15) is 0 Å². The maximum atomic E-state index is 12.7. The predicted octanol–water partition coefficient (Wildman–Crippen LogP) is 5.92. The number of carbonyl (C=O) groups is 1. The fourth-order valence-electron chi connectivity index (χ4n) is 3.07. The molecule has 0 aromatic heterocycles. The number of hydrogen-bond acceptors (Lipinski definition) is 2. The van der Waals surface area contributed by atoms with Gasteiger partial charge in [-0.15, -0.1) is 0 Å². The minimum atomic E-state index is -2.35. The topological polar surface area (TPSA) is 26.3 Å². The van der Waals surface area contributed by atoms with Gasteiger partial charge in [-0.1, -0.05) is 90.0 Å². The molecule has 0 radical (unpaired) electrons. The maximum absolute atomic E-state index is 12.7. The summed E-state index contributed by atoms with van der Waals surface area (Å²) >= 11 is 0. The Labute approximate surface area is 162 Å². The van der Waals surface area contributed by atoms with Crippen molar-refractivity contribution >= 4 is 16.2 Å². The Hall–Kier alpha value is -0.713. The molecule has 154 valence electrons. The van der Waals surface area contributed by atoms with Gasteiger partial charge in [-0.05, 0) is 12.8 Å². The Morgan fingerprint density at radius 1 is 0.769 bits per heavy atom. The number of ether oxygens (including phenoxy) is 1. The lowest BCUT2D eigenvalue weighted by molar-refractivity contribution is -0.137. The van der Waals surface area contributed by atoms with E-state index >= 15 is 0 Å². The summed E-state index contributed by atoms with van der Waals surface area (Å²) in [7, 11) is -0.00404. The fraction of sp³-hybridized carbons (Fsp3) is 0.857. The molecule has 0 aromatic rings. The predicted molar refractivity (Wildman–Crippen MR) is 110 cm³/mol. The second-order valence-corrected chi connectivity index (χ2v) is 8.96. The molecule has 0 aliphatic carbocycles. The van der Waals surface area contributed by atoms with Gasteiger partial charge in [-0.25, -0.2) is 13.6 Å². The van der Waals surface area contributed by atoms with Crippen LogP contribution in [0.25, 0.3) is 0 Å². The summed E-state index contributed by atoms with van der Waals surface area (Å²) in [5, 5.41) is 0. The fourth-order valence-corrected chi connectivity index (χ4v) is 3.42. The standard InChI is InChI=1S/C21H40F2O2Si/c1-2-20(24)25-19-17-15-13-11-9-7-5-3-4-6-8-10-12-14-16-18-21(22,23)26/h2H,1,3-19H2,26H3. The molecule has 0 saturated carbocycles. The van der Waals surface area contributed by atoms with Crippen molar-refractivity contribution in [3.8, 4) is 0 Å². The van der Waals surface area contributed by atoms with Crippen LogP contribution in [0.5, 0.6) is 0 Å². The van der Waals surface area contributed by atoms with Crippen LogP contribution in [0.1, 0.15) is 103 Å².